The van der Waals surface area contributed by atoms with Crippen LogP contribution in [0.4, 0.5) is 5.69 Å². The number of likely N-dealkylation sites (N-methyl/N-ethyl adjacent to an activating group) is 2. The second kappa shape index (κ2) is 4.62. The summed E-state index contributed by atoms with van der Waals surface area (Å²) in [6.45, 7) is 1.72. The van der Waals surface area contributed by atoms with Crippen LogP contribution >= 0.6 is 0 Å². The Bertz CT molecular complexity index is 400. The molecule has 1 aliphatic rings. The number of rotatable bonds is 3. The van der Waals surface area contributed by atoms with Crippen LogP contribution in [-0.4, -0.2) is 32.7 Å². The lowest BCUT2D eigenvalue weighted by molar-refractivity contribution is 0.0958. The van der Waals surface area contributed by atoms with Gasteiger partial charge in [0.05, 0.1) is 0 Å². The molecule has 5 nitrogen and oxygen atoms in total. The molecule has 0 saturated heterocycles. The van der Waals surface area contributed by atoms with E-state index in [1.54, 1.807) is 0 Å². The van der Waals surface area contributed by atoms with Gasteiger partial charge >= 0.3 is 0 Å². The number of nitrogens with zero attached hydrogens (tertiary/aromatic N) is 1. The number of fused-ring (bicyclic) bond motifs is 1. The standard InChI is InChI=1S/C12H21N5/c1-14-12(15-2)8-17(16-3)7-9-6-10(13)4-5-11(9)12/h4-6,14-16H,7-8,13H2,1-3H3. The van der Waals surface area contributed by atoms with Gasteiger partial charge in [-0.3, -0.25) is 16.1 Å². The molecule has 0 amide bonds. The SMILES string of the molecule is CNN1Cc2cc(N)ccc2C(NC)(NC)C1. The highest BCUT2D eigenvalue weighted by atomic mass is 15.5. The number of hydrogen-bond donors (Lipinski definition) is 4. The molecule has 0 fully saturated rings. The monoisotopic (exact) mass is 235 g/mol. The normalized spacial score (nSPS) is 19.0. The average molecular weight is 235 g/mol. The molecule has 0 unspecified atom stereocenters. The summed E-state index contributed by atoms with van der Waals surface area (Å²) >= 11 is 0. The molecular weight excluding hydrogens is 214 g/mol. The Morgan fingerprint density at radius 1 is 1.24 bits per heavy atom. The van der Waals surface area contributed by atoms with Crippen molar-refractivity contribution >= 4 is 5.69 Å². The van der Waals surface area contributed by atoms with Gasteiger partial charge in [-0.25, -0.2) is 5.01 Å². The third kappa shape index (κ3) is 2.02. The molecule has 1 aromatic carbocycles. The molecule has 2 rings (SSSR count). The highest BCUT2D eigenvalue weighted by molar-refractivity contribution is 5.48. The number of anilines is 1. The number of nitrogens with two attached hydrogens (primary N) is 1. The summed E-state index contributed by atoms with van der Waals surface area (Å²) in [6.07, 6.45) is 0. The molecule has 0 saturated carbocycles. The van der Waals surface area contributed by atoms with E-state index in [2.05, 4.69) is 27.1 Å². The van der Waals surface area contributed by atoms with Crippen LogP contribution < -0.4 is 21.8 Å². The van der Waals surface area contributed by atoms with E-state index in [0.717, 1.165) is 18.8 Å². The molecule has 1 aromatic rings. The highest BCUT2D eigenvalue weighted by Crippen LogP contribution is 2.29. The average Bonchev–Trinajstić information content (AvgIpc) is 2.36. The maximum atomic E-state index is 5.86. The van der Waals surface area contributed by atoms with Gasteiger partial charge in [0.15, 0.2) is 0 Å². The number of nitrogens with one attached hydrogen (secondary N) is 3. The topological polar surface area (TPSA) is 65.3 Å². The van der Waals surface area contributed by atoms with Crippen LogP contribution in [0, 0.1) is 0 Å². The van der Waals surface area contributed by atoms with Crippen molar-refractivity contribution in [2.24, 2.45) is 0 Å². The van der Waals surface area contributed by atoms with Gasteiger partial charge in [-0.1, -0.05) is 6.07 Å². The fourth-order valence-electron chi connectivity index (χ4n) is 2.50. The van der Waals surface area contributed by atoms with Crippen molar-refractivity contribution in [1.82, 2.24) is 21.1 Å². The first-order valence-corrected chi connectivity index (χ1v) is 5.84. The highest BCUT2D eigenvalue weighted by Gasteiger charge is 2.36. The molecule has 0 atom stereocenters. The lowest BCUT2D eigenvalue weighted by atomic mass is 9.90. The van der Waals surface area contributed by atoms with Crippen molar-refractivity contribution in [1.29, 1.82) is 0 Å². The Morgan fingerprint density at radius 3 is 2.53 bits per heavy atom. The van der Waals surface area contributed by atoms with Gasteiger partial charge in [-0.2, -0.15) is 0 Å². The van der Waals surface area contributed by atoms with Crippen LogP contribution in [0.3, 0.4) is 0 Å². The van der Waals surface area contributed by atoms with Gasteiger partial charge in [0.1, 0.15) is 5.66 Å². The smallest absolute Gasteiger partial charge is 0.109 e. The quantitative estimate of drug-likeness (QED) is 0.432. The van der Waals surface area contributed by atoms with Crippen LogP contribution in [0.5, 0.6) is 0 Å². The zero-order chi connectivity index (χ0) is 12.5. The summed E-state index contributed by atoms with van der Waals surface area (Å²) in [5.74, 6) is 0. The minimum atomic E-state index is -0.232. The number of hydrogen-bond acceptors (Lipinski definition) is 5. The largest absolute Gasteiger partial charge is 0.399 e. The summed E-state index contributed by atoms with van der Waals surface area (Å²) in [7, 11) is 5.87. The molecule has 1 aliphatic heterocycles. The Labute approximate surface area is 102 Å². The second-order valence-electron chi connectivity index (χ2n) is 4.40. The summed E-state index contributed by atoms with van der Waals surface area (Å²) in [6, 6.07) is 6.10. The number of hydrazine groups is 1. The predicted molar refractivity (Wildman–Crippen MR) is 70.1 cm³/mol. The third-order valence-electron chi connectivity index (χ3n) is 3.55. The van der Waals surface area contributed by atoms with E-state index >= 15 is 0 Å². The minimum absolute atomic E-state index is 0.232. The van der Waals surface area contributed by atoms with Crippen LogP contribution in [-0.2, 0) is 12.2 Å². The lowest BCUT2D eigenvalue weighted by Crippen LogP contribution is -2.62. The Kier molecular flexibility index (Phi) is 3.35. The van der Waals surface area contributed by atoms with E-state index in [9.17, 15) is 0 Å². The fourth-order valence-corrected chi connectivity index (χ4v) is 2.50. The summed E-state index contributed by atoms with van der Waals surface area (Å²) in [4.78, 5) is 0. The first-order valence-electron chi connectivity index (χ1n) is 5.84. The number of nitrogen functional groups attached to an aromatic ring is 1. The van der Waals surface area contributed by atoms with E-state index in [1.165, 1.54) is 11.1 Å². The molecule has 5 heteroatoms. The molecule has 5 N–H and O–H groups in total. The van der Waals surface area contributed by atoms with Crippen LogP contribution in [0.2, 0.25) is 0 Å². The van der Waals surface area contributed by atoms with Crippen molar-refractivity contribution in [2.45, 2.75) is 12.2 Å². The first kappa shape index (κ1) is 12.3. The number of benzene rings is 1. The van der Waals surface area contributed by atoms with Crippen molar-refractivity contribution < 1.29 is 0 Å². The molecule has 0 aromatic heterocycles. The lowest BCUT2D eigenvalue weighted by Gasteiger charge is -2.43. The molecule has 1 heterocycles. The van der Waals surface area contributed by atoms with Gasteiger partial charge in [0.2, 0.25) is 0 Å². The molecule has 0 spiro atoms. The van der Waals surface area contributed by atoms with Gasteiger partial charge in [0, 0.05) is 18.8 Å². The van der Waals surface area contributed by atoms with E-state index in [4.69, 9.17) is 5.73 Å². The maximum absolute atomic E-state index is 5.86. The molecule has 0 radical (unpaired) electrons. The molecular formula is C12H21N5. The molecule has 94 valence electrons. The third-order valence-corrected chi connectivity index (χ3v) is 3.55. The molecule has 0 aliphatic carbocycles. The van der Waals surface area contributed by atoms with Crippen molar-refractivity contribution in [3.63, 3.8) is 0 Å². The molecule has 17 heavy (non-hydrogen) atoms. The Hall–Kier alpha value is -1.14. The van der Waals surface area contributed by atoms with Gasteiger partial charge in [-0.05, 0) is 44.4 Å². The summed E-state index contributed by atoms with van der Waals surface area (Å²) in [5.41, 5.74) is 12.1. The zero-order valence-corrected chi connectivity index (χ0v) is 10.7. The van der Waals surface area contributed by atoms with E-state index in [1.807, 2.05) is 33.3 Å². The Morgan fingerprint density at radius 2 is 1.94 bits per heavy atom. The Balaban J connectivity index is 2.50. The van der Waals surface area contributed by atoms with E-state index < -0.39 is 0 Å². The van der Waals surface area contributed by atoms with Gasteiger partial charge < -0.3 is 5.73 Å². The first-order chi connectivity index (χ1) is 8.15. The van der Waals surface area contributed by atoms with Crippen molar-refractivity contribution in [2.75, 3.05) is 33.4 Å². The summed E-state index contributed by atoms with van der Waals surface area (Å²) < 4.78 is 0. The molecule has 0 bridgehead atoms. The zero-order valence-electron chi connectivity index (χ0n) is 10.7. The van der Waals surface area contributed by atoms with Crippen LogP contribution in [0.1, 0.15) is 11.1 Å². The van der Waals surface area contributed by atoms with Gasteiger partial charge in [-0.15, -0.1) is 0 Å². The van der Waals surface area contributed by atoms with Crippen LogP contribution in [0.25, 0.3) is 0 Å². The fraction of sp³-hybridized carbons (Fsp3) is 0.500. The van der Waals surface area contributed by atoms with Gasteiger partial charge in [0.25, 0.3) is 0 Å². The van der Waals surface area contributed by atoms with E-state index in [0.29, 0.717) is 0 Å². The van der Waals surface area contributed by atoms with Crippen molar-refractivity contribution in [3.8, 4) is 0 Å². The minimum Gasteiger partial charge on any atom is -0.399 e. The maximum Gasteiger partial charge on any atom is 0.109 e. The van der Waals surface area contributed by atoms with E-state index in [-0.39, 0.29) is 5.66 Å². The predicted octanol–water partition coefficient (Wildman–Crippen LogP) is -0.190. The van der Waals surface area contributed by atoms with Crippen LogP contribution in [0.15, 0.2) is 18.2 Å². The summed E-state index contributed by atoms with van der Waals surface area (Å²) in [5, 5.41) is 8.91. The van der Waals surface area contributed by atoms with Crippen molar-refractivity contribution in [3.05, 3.63) is 29.3 Å². The second-order valence-corrected chi connectivity index (χ2v) is 4.40.